The van der Waals surface area contributed by atoms with Gasteiger partial charge in [-0.1, -0.05) is 18.2 Å². The van der Waals surface area contributed by atoms with Crippen LogP contribution in [0.2, 0.25) is 0 Å². The summed E-state index contributed by atoms with van der Waals surface area (Å²) in [6, 6.07) is 8.35. The van der Waals surface area contributed by atoms with Gasteiger partial charge in [-0.05, 0) is 6.07 Å². The van der Waals surface area contributed by atoms with Crippen LogP contribution < -0.4 is 10.1 Å². The van der Waals surface area contributed by atoms with E-state index in [0.717, 1.165) is 0 Å². The normalized spacial score (nSPS) is 10.2. The lowest BCUT2D eigenvalue weighted by Gasteiger charge is -2.11. The quantitative estimate of drug-likeness (QED) is 0.677. The van der Waals surface area contributed by atoms with Crippen LogP contribution in [0, 0.1) is 21.7 Å². The van der Waals surface area contributed by atoms with Gasteiger partial charge in [0.2, 0.25) is 0 Å². The van der Waals surface area contributed by atoms with E-state index in [-0.39, 0.29) is 6.54 Å². The van der Waals surface area contributed by atoms with E-state index in [0.29, 0.717) is 23.4 Å². The van der Waals surface area contributed by atoms with Crippen molar-refractivity contribution < 1.29 is 18.4 Å². The molecule has 0 saturated carbocycles. The molecule has 2 aromatic rings. The van der Waals surface area contributed by atoms with Gasteiger partial charge >= 0.3 is 0 Å². The number of rotatable bonds is 5. The highest BCUT2D eigenvalue weighted by molar-refractivity contribution is 5.52. The molecule has 0 aromatic heterocycles. The van der Waals surface area contributed by atoms with Crippen molar-refractivity contribution >= 4 is 11.4 Å². The van der Waals surface area contributed by atoms with E-state index in [9.17, 15) is 18.9 Å². The molecule has 0 aliphatic heterocycles. The number of nitrogens with zero attached hydrogens (tertiary/aromatic N) is 1. The van der Waals surface area contributed by atoms with E-state index in [4.69, 9.17) is 4.74 Å². The van der Waals surface area contributed by atoms with Crippen LogP contribution >= 0.6 is 0 Å². The van der Waals surface area contributed by atoms with Gasteiger partial charge in [0.05, 0.1) is 24.2 Å². The van der Waals surface area contributed by atoms with Crippen molar-refractivity contribution in [2.45, 2.75) is 6.54 Å². The van der Waals surface area contributed by atoms with E-state index in [1.165, 1.54) is 7.11 Å². The molecule has 0 saturated heterocycles. The number of hydrogen-bond acceptors (Lipinski definition) is 4. The number of benzene rings is 2. The molecule has 5 nitrogen and oxygen atoms in total. The van der Waals surface area contributed by atoms with Crippen molar-refractivity contribution in [3.63, 3.8) is 0 Å². The number of halogens is 2. The Balaban J connectivity index is 2.22. The lowest BCUT2D eigenvalue weighted by molar-refractivity contribution is -0.385. The van der Waals surface area contributed by atoms with Gasteiger partial charge in [-0.3, -0.25) is 10.1 Å². The fourth-order valence-corrected chi connectivity index (χ4v) is 1.87. The summed E-state index contributed by atoms with van der Waals surface area (Å²) in [7, 11) is 1.49. The lowest BCUT2D eigenvalue weighted by Crippen LogP contribution is -2.06. The molecule has 0 atom stereocenters. The summed E-state index contributed by atoms with van der Waals surface area (Å²) in [6.07, 6.45) is 0. The van der Waals surface area contributed by atoms with E-state index >= 15 is 0 Å². The third-order valence-corrected chi connectivity index (χ3v) is 2.89. The summed E-state index contributed by atoms with van der Waals surface area (Å²) in [4.78, 5) is 9.66. The molecule has 0 aliphatic rings. The van der Waals surface area contributed by atoms with Crippen LogP contribution in [-0.4, -0.2) is 12.0 Å². The Morgan fingerprint density at radius 3 is 2.43 bits per heavy atom. The zero-order valence-corrected chi connectivity index (χ0v) is 11.1. The van der Waals surface area contributed by atoms with Gasteiger partial charge in [0.1, 0.15) is 11.4 Å². The van der Waals surface area contributed by atoms with E-state index in [2.05, 4.69) is 5.32 Å². The molecule has 0 unspecified atom stereocenters. The monoisotopic (exact) mass is 294 g/mol. The van der Waals surface area contributed by atoms with Gasteiger partial charge in [-0.25, -0.2) is 8.78 Å². The first-order chi connectivity index (χ1) is 10.0. The Morgan fingerprint density at radius 1 is 1.24 bits per heavy atom. The average molecular weight is 294 g/mol. The third kappa shape index (κ3) is 3.25. The molecule has 7 heteroatoms. The van der Waals surface area contributed by atoms with Crippen molar-refractivity contribution in [2.24, 2.45) is 0 Å². The highest BCUT2D eigenvalue weighted by Crippen LogP contribution is 2.26. The Morgan fingerprint density at radius 2 is 1.86 bits per heavy atom. The Kier molecular flexibility index (Phi) is 4.32. The number of non-ortho nitro benzene ring substituents is 1. The second-order valence-electron chi connectivity index (χ2n) is 4.21. The third-order valence-electron chi connectivity index (χ3n) is 2.89. The Labute approximate surface area is 119 Å². The number of nitro groups is 1. The number of nitrogens with one attached hydrogen (secondary N) is 1. The van der Waals surface area contributed by atoms with Crippen molar-refractivity contribution in [1.29, 1.82) is 0 Å². The number of para-hydroxylation sites is 1. The number of nitro benzene ring substituents is 1. The van der Waals surface area contributed by atoms with Gasteiger partial charge in [0, 0.05) is 12.1 Å². The Bertz CT molecular complexity index is 654. The molecular formula is C14H12F2N2O3. The van der Waals surface area contributed by atoms with Crippen LogP contribution in [-0.2, 0) is 6.54 Å². The molecule has 0 bridgehead atoms. The van der Waals surface area contributed by atoms with E-state index in [1.54, 1.807) is 24.3 Å². The summed E-state index contributed by atoms with van der Waals surface area (Å²) < 4.78 is 32.6. The van der Waals surface area contributed by atoms with Gasteiger partial charge in [0.25, 0.3) is 5.69 Å². The summed E-state index contributed by atoms with van der Waals surface area (Å²) in [5.74, 6) is -1.46. The maximum atomic E-state index is 13.7. The SMILES string of the molecule is COc1ccccc1CNc1c(F)cc([N+](=O)[O-])cc1F. The largest absolute Gasteiger partial charge is 0.496 e. The highest BCUT2D eigenvalue weighted by Gasteiger charge is 2.17. The summed E-state index contributed by atoms with van der Waals surface area (Å²) in [6.45, 7) is 0.121. The van der Waals surface area contributed by atoms with Crippen molar-refractivity contribution in [2.75, 3.05) is 12.4 Å². The van der Waals surface area contributed by atoms with E-state index in [1.807, 2.05) is 0 Å². The van der Waals surface area contributed by atoms with Crippen LogP contribution in [0.1, 0.15) is 5.56 Å². The minimum Gasteiger partial charge on any atom is -0.496 e. The Hall–Kier alpha value is -2.70. The van der Waals surface area contributed by atoms with Crippen LogP contribution in [0.25, 0.3) is 0 Å². The number of methoxy groups -OCH3 is 1. The first-order valence-electron chi connectivity index (χ1n) is 6.02. The second-order valence-corrected chi connectivity index (χ2v) is 4.21. The smallest absolute Gasteiger partial charge is 0.275 e. The van der Waals surface area contributed by atoms with Gasteiger partial charge in [-0.15, -0.1) is 0 Å². The van der Waals surface area contributed by atoms with Gasteiger partial charge in [-0.2, -0.15) is 0 Å². The molecule has 2 rings (SSSR count). The number of ether oxygens (including phenoxy) is 1. The predicted molar refractivity (Wildman–Crippen MR) is 73.3 cm³/mol. The number of anilines is 1. The second kappa shape index (κ2) is 6.17. The fourth-order valence-electron chi connectivity index (χ4n) is 1.87. The van der Waals surface area contributed by atoms with Gasteiger partial charge in [0.15, 0.2) is 11.6 Å². The topological polar surface area (TPSA) is 64.4 Å². The van der Waals surface area contributed by atoms with Crippen molar-refractivity contribution in [3.8, 4) is 5.75 Å². The maximum Gasteiger partial charge on any atom is 0.275 e. The molecule has 0 aliphatic carbocycles. The first-order valence-corrected chi connectivity index (χ1v) is 6.02. The van der Waals surface area contributed by atoms with Crippen LogP contribution in [0.4, 0.5) is 20.2 Å². The molecule has 110 valence electrons. The minimum atomic E-state index is -1.02. The molecule has 0 radical (unpaired) electrons. The highest BCUT2D eigenvalue weighted by atomic mass is 19.1. The molecule has 21 heavy (non-hydrogen) atoms. The summed E-state index contributed by atoms with van der Waals surface area (Å²) >= 11 is 0. The predicted octanol–water partition coefficient (Wildman–Crippen LogP) is 3.49. The molecule has 0 heterocycles. The zero-order valence-electron chi connectivity index (χ0n) is 11.1. The zero-order chi connectivity index (χ0) is 15.4. The van der Waals surface area contributed by atoms with Crippen LogP contribution in [0.3, 0.4) is 0 Å². The molecule has 0 spiro atoms. The fraction of sp³-hybridized carbons (Fsp3) is 0.143. The summed E-state index contributed by atoms with van der Waals surface area (Å²) in [5, 5.41) is 13.1. The maximum absolute atomic E-state index is 13.7. The number of hydrogen-bond donors (Lipinski definition) is 1. The minimum absolute atomic E-state index is 0.121. The average Bonchev–Trinajstić information content (AvgIpc) is 2.46. The molecule has 1 N–H and O–H groups in total. The molecule has 0 fully saturated rings. The standard InChI is InChI=1S/C14H12F2N2O3/c1-21-13-5-3-2-4-9(13)8-17-14-11(15)6-10(18(19)20)7-12(14)16/h2-7,17H,8H2,1H3. The molecule has 0 amide bonds. The van der Waals surface area contributed by atoms with Gasteiger partial charge < -0.3 is 10.1 Å². The molecule has 2 aromatic carbocycles. The lowest BCUT2D eigenvalue weighted by atomic mass is 10.2. The van der Waals surface area contributed by atoms with Crippen LogP contribution in [0.15, 0.2) is 36.4 Å². The van der Waals surface area contributed by atoms with Crippen molar-refractivity contribution in [1.82, 2.24) is 0 Å². The molecular weight excluding hydrogens is 282 g/mol. The summed E-state index contributed by atoms with van der Waals surface area (Å²) in [5.41, 5.74) is -0.337. The first kappa shape index (κ1) is 14.7. The van der Waals surface area contributed by atoms with Crippen molar-refractivity contribution in [3.05, 3.63) is 63.7 Å². The van der Waals surface area contributed by atoms with E-state index < -0.39 is 27.9 Å². The van der Waals surface area contributed by atoms with Crippen LogP contribution in [0.5, 0.6) is 5.75 Å².